The molecule has 0 fully saturated rings. The first-order chi connectivity index (χ1) is 28.7. The van der Waals surface area contributed by atoms with Gasteiger partial charge in [0.05, 0.1) is 11.0 Å². The normalized spacial score (nSPS) is 11.8. The minimum Gasteiger partial charge on any atom is -0.456 e. The van der Waals surface area contributed by atoms with E-state index >= 15 is 0 Å². The lowest BCUT2D eigenvalue weighted by Gasteiger charge is -2.11. The third-order valence-electron chi connectivity index (χ3n) is 11.4. The van der Waals surface area contributed by atoms with Gasteiger partial charge >= 0.3 is 0 Å². The van der Waals surface area contributed by atoms with Gasteiger partial charge < -0.3 is 8.98 Å². The Hall–Kier alpha value is -7.89. The molecule has 0 atom stereocenters. The summed E-state index contributed by atoms with van der Waals surface area (Å²) in [6, 6.07) is 68.1. The second-order valence-corrected chi connectivity index (χ2v) is 14.8. The highest BCUT2D eigenvalue weighted by atomic mass is 16.3. The molecule has 12 rings (SSSR count). The zero-order chi connectivity index (χ0) is 38.2. The molecule has 0 radical (unpaired) electrons. The second-order valence-electron chi connectivity index (χ2n) is 14.8. The van der Waals surface area contributed by atoms with Gasteiger partial charge in [-0.1, -0.05) is 152 Å². The van der Waals surface area contributed by atoms with E-state index in [1.807, 2.05) is 60.7 Å². The maximum atomic E-state index is 6.69. The maximum Gasteiger partial charge on any atom is 0.164 e. The zero-order valence-corrected chi connectivity index (χ0v) is 31.2. The Morgan fingerprint density at radius 3 is 1.59 bits per heavy atom. The smallest absolute Gasteiger partial charge is 0.164 e. The van der Waals surface area contributed by atoms with Gasteiger partial charge in [-0.2, -0.15) is 0 Å². The molecular formula is C53H32N4O. The van der Waals surface area contributed by atoms with Crippen LogP contribution in [0.2, 0.25) is 0 Å². The average Bonchev–Trinajstić information content (AvgIpc) is 3.83. The summed E-state index contributed by atoms with van der Waals surface area (Å²) in [7, 11) is 0. The largest absolute Gasteiger partial charge is 0.456 e. The number of nitrogens with zero attached hydrogens (tertiary/aromatic N) is 4. The van der Waals surface area contributed by atoms with Crippen molar-refractivity contribution in [2.75, 3.05) is 0 Å². The number of aromatic nitrogens is 4. The molecule has 3 heterocycles. The Balaban J connectivity index is 0.993. The van der Waals surface area contributed by atoms with Gasteiger partial charge in [0.2, 0.25) is 0 Å². The fourth-order valence-electron chi connectivity index (χ4n) is 8.68. The Kier molecular flexibility index (Phi) is 7.16. The summed E-state index contributed by atoms with van der Waals surface area (Å²) in [5.41, 5.74) is 10.2. The quantitative estimate of drug-likeness (QED) is 0.176. The summed E-state index contributed by atoms with van der Waals surface area (Å²) in [6.45, 7) is 0. The number of para-hydroxylation sites is 1. The van der Waals surface area contributed by atoms with Crippen molar-refractivity contribution < 1.29 is 4.42 Å². The monoisotopic (exact) mass is 740 g/mol. The van der Waals surface area contributed by atoms with Gasteiger partial charge in [0.1, 0.15) is 11.2 Å². The topological polar surface area (TPSA) is 56.7 Å². The lowest BCUT2D eigenvalue weighted by atomic mass is 9.94. The summed E-state index contributed by atoms with van der Waals surface area (Å²) in [6.07, 6.45) is 0. The highest BCUT2D eigenvalue weighted by Gasteiger charge is 2.19. The van der Waals surface area contributed by atoms with Gasteiger partial charge in [-0.05, 0) is 75.1 Å². The van der Waals surface area contributed by atoms with E-state index in [2.05, 4.69) is 138 Å². The van der Waals surface area contributed by atoms with E-state index in [4.69, 9.17) is 19.4 Å². The first-order valence-corrected chi connectivity index (χ1v) is 19.5. The Labute approximate surface area is 333 Å². The third kappa shape index (κ3) is 5.14. The highest BCUT2D eigenvalue weighted by molar-refractivity contribution is 6.22. The lowest BCUT2D eigenvalue weighted by molar-refractivity contribution is 0.669. The average molecular weight is 741 g/mol. The predicted molar refractivity (Wildman–Crippen MR) is 238 cm³/mol. The fourth-order valence-corrected chi connectivity index (χ4v) is 8.68. The van der Waals surface area contributed by atoms with E-state index in [1.165, 1.54) is 32.6 Å². The number of hydrogen-bond donors (Lipinski definition) is 0. The Morgan fingerprint density at radius 1 is 0.345 bits per heavy atom. The van der Waals surface area contributed by atoms with Crippen molar-refractivity contribution in [1.29, 1.82) is 0 Å². The van der Waals surface area contributed by atoms with Gasteiger partial charge in [-0.3, -0.25) is 0 Å². The molecule has 9 aromatic carbocycles. The minimum absolute atomic E-state index is 0.629. The first-order valence-electron chi connectivity index (χ1n) is 19.5. The molecule has 5 nitrogen and oxygen atoms in total. The van der Waals surface area contributed by atoms with Crippen molar-refractivity contribution in [2.24, 2.45) is 0 Å². The van der Waals surface area contributed by atoms with Crippen LogP contribution in [0.3, 0.4) is 0 Å². The molecule has 0 aliphatic heterocycles. The molecule has 0 saturated heterocycles. The van der Waals surface area contributed by atoms with E-state index in [9.17, 15) is 0 Å². The van der Waals surface area contributed by atoms with E-state index in [0.717, 1.165) is 66.2 Å². The van der Waals surface area contributed by atoms with Crippen molar-refractivity contribution in [2.45, 2.75) is 0 Å². The molecule has 5 heteroatoms. The molecule has 0 aliphatic rings. The lowest BCUT2D eigenvalue weighted by Crippen LogP contribution is -2.00. The van der Waals surface area contributed by atoms with Crippen LogP contribution in [-0.4, -0.2) is 19.5 Å². The van der Waals surface area contributed by atoms with E-state index in [0.29, 0.717) is 17.5 Å². The number of hydrogen-bond acceptors (Lipinski definition) is 4. The molecule has 0 saturated carbocycles. The van der Waals surface area contributed by atoms with Gasteiger partial charge in [-0.25, -0.2) is 15.0 Å². The SMILES string of the molecule is c1ccc(-c2nc(-c3ccccc3)nc(-c3ccc(-c4cc5oc6ccc(-n7c8ccccc8c8cc9ccccc9cc87)cc6c5c5ccccc45)cc3)n2)cc1. The van der Waals surface area contributed by atoms with Gasteiger partial charge in [-0.15, -0.1) is 0 Å². The molecule has 12 aromatic rings. The summed E-state index contributed by atoms with van der Waals surface area (Å²) in [4.78, 5) is 14.8. The summed E-state index contributed by atoms with van der Waals surface area (Å²) >= 11 is 0. The first kappa shape index (κ1) is 32.4. The van der Waals surface area contributed by atoms with Crippen molar-refractivity contribution in [1.82, 2.24) is 19.5 Å². The third-order valence-corrected chi connectivity index (χ3v) is 11.4. The number of benzene rings is 9. The van der Waals surface area contributed by atoms with E-state index < -0.39 is 0 Å². The van der Waals surface area contributed by atoms with E-state index in [1.54, 1.807) is 0 Å². The van der Waals surface area contributed by atoms with Crippen LogP contribution in [0, 0.1) is 0 Å². The molecule has 0 amide bonds. The van der Waals surface area contributed by atoms with Gasteiger partial charge in [0, 0.05) is 43.9 Å². The highest BCUT2D eigenvalue weighted by Crippen LogP contribution is 2.42. The summed E-state index contributed by atoms with van der Waals surface area (Å²) in [5.74, 6) is 1.92. The number of rotatable bonds is 5. The standard InChI is InChI=1S/C53H32N4O/c1-3-13-34(14-4-1)51-54-52(35-15-5-2-6-16-35)56-53(55-51)36-25-23-33(24-26-36)43-32-49-50(42-21-10-9-19-40(42)43)45-31-39(27-28-48(45)58-49)57-46-22-12-11-20-41(46)44-29-37-17-7-8-18-38(37)30-47(44)57/h1-32H. The van der Waals surface area contributed by atoms with Gasteiger partial charge in [0.25, 0.3) is 0 Å². The van der Waals surface area contributed by atoms with E-state index in [-0.39, 0.29) is 0 Å². The molecule has 58 heavy (non-hydrogen) atoms. The van der Waals surface area contributed by atoms with Crippen LogP contribution in [0.1, 0.15) is 0 Å². The molecule has 0 spiro atoms. The predicted octanol–water partition coefficient (Wildman–Crippen LogP) is 13.8. The fraction of sp³-hybridized carbons (Fsp3) is 0. The van der Waals surface area contributed by atoms with Crippen LogP contribution in [0.25, 0.3) is 116 Å². The molecule has 270 valence electrons. The molecule has 0 bridgehead atoms. The molecule has 3 aromatic heterocycles. The van der Waals surface area contributed by atoms with Crippen LogP contribution in [0.15, 0.2) is 199 Å². The molecule has 0 unspecified atom stereocenters. The Bertz CT molecular complexity index is 3490. The van der Waals surface area contributed by atoms with Crippen molar-refractivity contribution >= 4 is 65.3 Å². The van der Waals surface area contributed by atoms with Crippen molar-refractivity contribution in [3.05, 3.63) is 194 Å². The van der Waals surface area contributed by atoms with Gasteiger partial charge in [0.15, 0.2) is 17.5 Å². The second kappa shape index (κ2) is 12.8. The minimum atomic E-state index is 0.629. The molecule has 0 aliphatic carbocycles. The number of fused-ring (bicyclic) bond motifs is 9. The van der Waals surface area contributed by atoms with Crippen LogP contribution in [0.5, 0.6) is 0 Å². The summed E-state index contributed by atoms with van der Waals surface area (Å²) < 4.78 is 9.09. The molecule has 0 N–H and O–H groups in total. The van der Waals surface area contributed by atoms with Crippen LogP contribution < -0.4 is 0 Å². The van der Waals surface area contributed by atoms with Crippen LogP contribution in [0.4, 0.5) is 0 Å². The van der Waals surface area contributed by atoms with Crippen LogP contribution in [-0.2, 0) is 0 Å². The maximum absolute atomic E-state index is 6.69. The summed E-state index contributed by atoms with van der Waals surface area (Å²) in [5, 5.41) is 9.48. The molecular weight excluding hydrogens is 709 g/mol. The van der Waals surface area contributed by atoms with Crippen molar-refractivity contribution in [3.8, 4) is 51.0 Å². The van der Waals surface area contributed by atoms with Crippen molar-refractivity contribution in [3.63, 3.8) is 0 Å². The van der Waals surface area contributed by atoms with Crippen LogP contribution >= 0.6 is 0 Å². The zero-order valence-electron chi connectivity index (χ0n) is 31.2. The Morgan fingerprint density at radius 2 is 0.897 bits per heavy atom. The number of furan rings is 1.